The first-order valence-electron chi connectivity index (χ1n) is 3.35. The van der Waals surface area contributed by atoms with Crippen molar-refractivity contribution in [3.63, 3.8) is 0 Å². The molecule has 2 rings (SSSR count). The Hall–Kier alpha value is 0.0587. The molecule has 0 saturated heterocycles. The number of hydrogen-bond donors (Lipinski definition) is 0. The van der Waals surface area contributed by atoms with Crippen molar-refractivity contribution >= 4 is 46.5 Å². The van der Waals surface area contributed by atoms with Crippen molar-refractivity contribution in [2.24, 2.45) is 0 Å². The van der Waals surface area contributed by atoms with Crippen molar-refractivity contribution in [2.45, 2.75) is 0 Å². The summed E-state index contributed by atoms with van der Waals surface area (Å²) in [7, 11) is 0. The molecule has 3 heteroatoms. The van der Waals surface area contributed by atoms with Crippen molar-refractivity contribution in [3.05, 3.63) is 35.9 Å². The molecule has 0 fully saturated rings. The third-order valence-corrected chi connectivity index (χ3v) is 1.55. The van der Waals surface area contributed by atoms with Gasteiger partial charge in [0.1, 0.15) is 12.4 Å². The van der Waals surface area contributed by atoms with Crippen molar-refractivity contribution in [3.8, 4) is 5.75 Å². The van der Waals surface area contributed by atoms with Crippen molar-refractivity contribution in [1.82, 2.24) is 0 Å². The van der Waals surface area contributed by atoms with E-state index in [0.29, 0.717) is 6.61 Å². The first kappa shape index (κ1) is 12.1. The molecule has 12 heavy (non-hydrogen) atoms. The van der Waals surface area contributed by atoms with E-state index in [9.17, 15) is 0 Å². The SMILES string of the molecule is C1=Cc2ccccc2OC1.[Al].[H-].[H-].[Mg+2]. The molecule has 0 aliphatic carbocycles. The zero-order valence-electron chi connectivity index (χ0n) is 8.86. The van der Waals surface area contributed by atoms with Crippen LogP contribution in [0.1, 0.15) is 8.42 Å². The van der Waals surface area contributed by atoms with E-state index in [1.807, 2.05) is 30.3 Å². The van der Waals surface area contributed by atoms with Gasteiger partial charge in [-0.1, -0.05) is 24.3 Å². The predicted octanol–water partition coefficient (Wildman–Crippen LogP) is 1.56. The Labute approximate surface area is 102 Å². The first-order chi connectivity index (χ1) is 4.97. The maximum absolute atomic E-state index is 5.34. The number of ether oxygens (including phenoxy) is 1. The molecule has 0 atom stereocenters. The van der Waals surface area contributed by atoms with Crippen LogP contribution >= 0.6 is 0 Å². The van der Waals surface area contributed by atoms with Gasteiger partial charge in [0.05, 0.1) is 0 Å². The summed E-state index contributed by atoms with van der Waals surface area (Å²) >= 11 is 0. The van der Waals surface area contributed by atoms with E-state index in [1.165, 1.54) is 5.56 Å². The van der Waals surface area contributed by atoms with E-state index in [-0.39, 0.29) is 43.3 Å². The molecule has 1 heterocycles. The van der Waals surface area contributed by atoms with Crippen molar-refractivity contribution in [2.75, 3.05) is 6.61 Å². The normalized spacial score (nSPS) is 11.7. The van der Waals surface area contributed by atoms with Gasteiger partial charge >= 0.3 is 23.1 Å². The molecule has 1 aliphatic heterocycles. The molecule has 0 saturated carbocycles. The van der Waals surface area contributed by atoms with E-state index in [2.05, 4.69) is 6.08 Å². The van der Waals surface area contributed by atoms with E-state index in [0.717, 1.165) is 5.75 Å². The zero-order chi connectivity index (χ0) is 6.81. The van der Waals surface area contributed by atoms with Gasteiger partial charge in [0.2, 0.25) is 0 Å². The van der Waals surface area contributed by atoms with Crippen LogP contribution in [0.2, 0.25) is 0 Å². The standard InChI is InChI=1S/C9H8O.Al.Mg.2H/c1-2-6-9-8(4-1)5-3-7-10-9;;;;/h1-6H,7H2;;;;/q;;+2;2*-1. The molecule has 1 nitrogen and oxygen atoms in total. The van der Waals surface area contributed by atoms with Crippen LogP contribution in [0, 0.1) is 0 Å². The maximum atomic E-state index is 5.34. The Balaban J connectivity index is -0.000000302. The predicted molar refractivity (Wildman–Crippen MR) is 54.7 cm³/mol. The number of fused-ring (bicyclic) bond motifs is 1. The number of benzene rings is 1. The number of para-hydroxylation sites is 1. The molecule has 3 radical (unpaired) electrons. The molecular formula is C9H10AlMgO. The number of rotatable bonds is 0. The third-order valence-electron chi connectivity index (χ3n) is 1.55. The molecule has 0 bridgehead atoms. The minimum atomic E-state index is 0. The van der Waals surface area contributed by atoms with Gasteiger partial charge in [-0.25, -0.2) is 0 Å². The first-order valence-corrected chi connectivity index (χ1v) is 3.35. The van der Waals surface area contributed by atoms with Crippen LogP contribution in [0.4, 0.5) is 0 Å². The summed E-state index contributed by atoms with van der Waals surface area (Å²) in [5, 5.41) is 0. The Kier molecular flexibility index (Phi) is 5.69. The van der Waals surface area contributed by atoms with E-state index >= 15 is 0 Å². The Bertz CT molecular complexity index is 281. The van der Waals surface area contributed by atoms with Crippen LogP contribution in [-0.4, -0.2) is 47.0 Å². The Morgan fingerprint density at radius 1 is 1.25 bits per heavy atom. The largest absolute Gasteiger partial charge is 2.00 e. The summed E-state index contributed by atoms with van der Waals surface area (Å²) in [6.45, 7) is 0.705. The molecular weight excluding hydrogens is 175 g/mol. The summed E-state index contributed by atoms with van der Waals surface area (Å²) in [5.74, 6) is 0.991. The molecule has 1 aromatic carbocycles. The monoisotopic (exact) mass is 185 g/mol. The quantitative estimate of drug-likeness (QED) is 0.558. The Morgan fingerprint density at radius 2 is 2.00 bits per heavy atom. The molecule has 0 amide bonds. The average molecular weight is 185 g/mol. The van der Waals surface area contributed by atoms with Crippen LogP contribution in [-0.2, 0) is 0 Å². The van der Waals surface area contributed by atoms with Gasteiger partial charge < -0.3 is 7.59 Å². The van der Waals surface area contributed by atoms with E-state index < -0.39 is 0 Å². The van der Waals surface area contributed by atoms with Gasteiger partial charge in [-0.15, -0.1) is 0 Å². The minimum absolute atomic E-state index is 0. The van der Waals surface area contributed by atoms with E-state index in [1.54, 1.807) is 0 Å². The molecule has 0 spiro atoms. The topological polar surface area (TPSA) is 9.23 Å². The molecule has 1 aromatic rings. The Morgan fingerprint density at radius 3 is 2.75 bits per heavy atom. The van der Waals surface area contributed by atoms with Gasteiger partial charge in [-0.05, 0) is 12.1 Å². The summed E-state index contributed by atoms with van der Waals surface area (Å²) in [5.41, 5.74) is 1.17. The van der Waals surface area contributed by atoms with Crippen LogP contribution in [0.5, 0.6) is 5.75 Å². The van der Waals surface area contributed by atoms with Gasteiger partial charge in [-0.2, -0.15) is 0 Å². The maximum Gasteiger partial charge on any atom is 2.00 e. The fraction of sp³-hybridized carbons (Fsp3) is 0.111. The molecule has 0 unspecified atom stereocenters. The average Bonchev–Trinajstić information content (AvgIpc) is 2.05. The smallest absolute Gasteiger partial charge is 1.00 e. The summed E-state index contributed by atoms with van der Waals surface area (Å²) in [6, 6.07) is 8.03. The van der Waals surface area contributed by atoms with Crippen molar-refractivity contribution in [1.29, 1.82) is 0 Å². The zero-order valence-corrected chi connectivity index (χ0v) is 9.43. The molecule has 0 N–H and O–H groups in total. The third kappa shape index (κ3) is 2.53. The van der Waals surface area contributed by atoms with Crippen LogP contribution in [0.3, 0.4) is 0 Å². The van der Waals surface area contributed by atoms with Gasteiger partial charge in [0.15, 0.2) is 0 Å². The van der Waals surface area contributed by atoms with E-state index in [4.69, 9.17) is 4.74 Å². The number of hydrogen-bond acceptors (Lipinski definition) is 1. The fourth-order valence-electron chi connectivity index (χ4n) is 1.06. The van der Waals surface area contributed by atoms with Crippen LogP contribution < -0.4 is 4.74 Å². The summed E-state index contributed by atoms with van der Waals surface area (Å²) < 4.78 is 5.34. The molecule has 57 valence electrons. The van der Waals surface area contributed by atoms with Crippen LogP contribution in [0.25, 0.3) is 6.08 Å². The second-order valence-corrected chi connectivity index (χ2v) is 2.25. The molecule has 1 aliphatic rings. The van der Waals surface area contributed by atoms with Crippen LogP contribution in [0.15, 0.2) is 30.3 Å². The summed E-state index contributed by atoms with van der Waals surface area (Å²) in [4.78, 5) is 0. The molecule has 0 aromatic heterocycles. The van der Waals surface area contributed by atoms with Gasteiger partial charge in [-0.3, -0.25) is 0 Å². The van der Waals surface area contributed by atoms with Gasteiger partial charge in [0.25, 0.3) is 0 Å². The fourth-order valence-corrected chi connectivity index (χ4v) is 1.06. The minimum Gasteiger partial charge on any atom is -1.00 e. The van der Waals surface area contributed by atoms with Gasteiger partial charge in [0, 0.05) is 22.9 Å². The summed E-state index contributed by atoms with van der Waals surface area (Å²) in [6.07, 6.45) is 4.10. The second-order valence-electron chi connectivity index (χ2n) is 2.25. The second kappa shape index (κ2) is 5.66. The van der Waals surface area contributed by atoms with Crippen molar-refractivity contribution < 1.29 is 7.59 Å².